The number of hydrogen-bond acceptors (Lipinski definition) is 6. The van der Waals surface area contributed by atoms with Gasteiger partial charge in [-0.25, -0.2) is 4.98 Å². The van der Waals surface area contributed by atoms with Crippen molar-refractivity contribution in [1.82, 2.24) is 15.0 Å². The van der Waals surface area contributed by atoms with Crippen molar-refractivity contribution in [2.24, 2.45) is 0 Å². The van der Waals surface area contributed by atoms with E-state index in [9.17, 15) is 0 Å². The number of nitrogens with zero attached hydrogens (tertiary/aromatic N) is 3. The van der Waals surface area contributed by atoms with Crippen LogP contribution in [0.2, 0.25) is 0 Å². The highest BCUT2D eigenvalue weighted by atomic mass is 16.5. The molecule has 0 saturated heterocycles. The van der Waals surface area contributed by atoms with E-state index in [-0.39, 0.29) is 0 Å². The zero-order chi connectivity index (χ0) is 16.8. The first-order valence-corrected chi connectivity index (χ1v) is 7.63. The molecule has 0 aliphatic carbocycles. The van der Waals surface area contributed by atoms with Gasteiger partial charge in [0.1, 0.15) is 11.6 Å². The Hall–Kier alpha value is -3.15. The quantitative estimate of drug-likeness (QED) is 0.726. The van der Waals surface area contributed by atoms with Gasteiger partial charge < -0.3 is 15.4 Å². The lowest BCUT2D eigenvalue weighted by molar-refractivity contribution is 0.414. The highest BCUT2D eigenvalue weighted by molar-refractivity contribution is 5.60. The normalized spacial score (nSPS) is 10.2. The Morgan fingerprint density at radius 1 is 1.00 bits per heavy atom. The Kier molecular flexibility index (Phi) is 4.86. The fourth-order valence-corrected chi connectivity index (χ4v) is 2.27. The molecule has 0 aliphatic rings. The second kappa shape index (κ2) is 7.41. The highest BCUT2D eigenvalue weighted by Crippen LogP contribution is 2.20. The maximum absolute atomic E-state index is 5.25. The number of pyridine rings is 1. The highest BCUT2D eigenvalue weighted by Gasteiger charge is 2.07. The van der Waals surface area contributed by atoms with Gasteiger partial charge in [0.05, 0.1) is 18.5 Å². The molecule has 0 radical (unpaired) electrons. The molecule has 0 atom stereocenters. The molecule has 2 N–H and O–H groups in total. The minimum Gasteiger partial charge on any atom is -0.497 e. The summed E-state index contributed by atoms with van der Waals surface area (Å²) in [5, 5.41) is 6.31. The van der Waals surface area contributed by atoms with Gasteiger partial charge in [0.25, 0.3) is 0 Å². The lowest BCUT2D eigenvalue weighted by Gasteiger charge is -2.10. The minimum absolute atomic E-state index is 0.547. The third-order valence-corrected chi connectivity index (χ3v) is 3.48. The molecule has 3 aromatic rings. The van der Waals surface area contributed by atoms with Gasteiger partial charge in [-0.15, -0.1) is 0 Å². The minimum atomic E-state index is 0.547. The molecule has 0 amide bonds. The molecule has 0 fully saturated rings. The number of methoxy groups -OCH3 is 1. The number of ether oxygens (including phenoxy) is 1. The molecule has 0 saturated carbocycles. The standard InChI is InChI=1S/C18H19N5O/c1-19-18-22-16(15-8-3-4-9-20-15)11-17(23-18)21-12-13-6-5-7-14(10-13)24-2/h3-11H,12H2,1-2H3,(H2,19,21,22,23). The molecule has 6 heteroatoms. The Labute approximate surface area is 141 Å². The van der Waals surface area contributed by atoms with Crippen LogP contribution in [0.1, 0.15) is 5.56 Å². The van der Waals surface area contributed by atoms with Gasteiger partial charge in [-0.1, -0.05) is 18.2 Å². The van der Waals surface area contributed by atoms with Crippen LogP contribution in [0.3, 0.4) is 0 Å². The zero-order valence-electron chi connectivity index (χ0n) is 13.7. The summed E-state index contributed by atoms with van der Waals surface area (Å²) in [4.78, 5) is 13.2. The fourth-order valence-electron chi connectivity index (χ4n) is 2.27. The van der Waals surface area contributed by atoms with E-state index in [1.165, 1.54) is 0 Å². The molecule has 122 valence electrons. The summed E-state index contributed by atoms with van der Waals surface area (Å²) in [7, 11) is 3.46. The maximum atomic E-state index is 5.25. The van der Waals surface area contributed by atoms with Gasteiger partial charge in [-0.05, 0) is 29.8 Å². The summed E-state index contributed by atoms with van der Waals surface area (Å²) < 4.78 is 5.25. The summed E-state index contributed by atoms with van der Waals surface area (Å²) in [6.07, 6.45) is 1.75. The van der Waals surface area contributed by atoms with Gasteiger partial charge in [-0.3, -0.25) is 4.98 Å². The van der Waals surface area contributed by atoms with Crippen molar-refractivity contribution < 1.29 is 4.74 Å². The average Bonchev–Trinajstić information content (AvgIpc) is 2.67. The molecular weight excluding hydrogens is 302 g/mol. The number of aromatic nitrogens is 3. The van der Waals surface area contributed by atoms with E-state index >= 15 is 0 Å². The van der Waals surface area contributed by atoms with Crippen molar-refractivity contribution in [2.45, 2.75) is 6.54 Å². The molecular formula is C18H19N5O. The lowest BCUT2D eigenvalue weighted by Crippen LogP contribution is -2.06. The summed E-state index contributed by atoms with van der Waals surface area (Å²) >= 11 is 0. The first-order chi connectivity index (χ1) is 11.8. The second-order valence-electron chi connectivity index (χ2n) is 5.13. The van der Waals surface area contributed by atoms with Gasteiger partial charge >= 0.3 is 0 Å². The van der Waals surface area contributed by atoms with Crippen molar-refractivity contribution >= 4 is 11.8 Å². The second-order valence-corrected chi connectivity index (χ2v) is 5.13. The van der Waals surface area contributed by atoms with Crippen LogP contribution in [-0.2, 0) is 6.54 Å². The number of nitrogens with one attached hydrogen (secondary N) is 2. The smallest absolute Gasteiger partial charge is 0.224 e. The van der Waals surface area contributed by atoms with Crippen molar-refractivity contribution in [2.75, 3.05) is 24.8 Å². The predicted molar refractivity (Wildman–Crippen MR) is 95.1 cm³/mol. The van der Waals surface area contributed by atoms with E-state index in [2.05, 4.69) is 25.6 Å². The largest absolute Gasteiger partial charge is 0.497 e. The summed E-state index contributed by atoms with van der Waals surface area (Å²) in [5.74, 6) is 2.12. The fraction of sp³-hybridized carbons (Fsp3) is 0.167. The van der Waals surface area contributed by atoms with Crippen LogP contribution in [-0.4, -0.2) is 29.1 Å². The third kappa shape index (κ3) is 3.78. The summed E-state index contributed by atoms with van der Waals surface area (Å²) in [6, 6.07) is 15.6. The summed E-state index contributed by atoms with van der Waals surface area (Å²) in [6.45, 7) is 0.638. The van der Waals surface area contributed by atoms with Gasteiger partial charge in [0.2, 0.25) is 5.95 Å². The molecule has 2 heterocycles. The maximum Gasteiger partial charge on any atom is 0.224 e. The predicted octanol–water partition coefficient (Wildman–Crippen LogP) is 3.20. The Morgan fingerprint density at radius 3 is 2.67 bits per heavy atom. The SMILES string of the molecule is CNc1nc(NCc2cccc(OC)c2)cc(-c2ccccn2)n1. The van der Waals surface area contributed by atoms with E-state index in [4.69, 9.17) is 4.74 Å². The Balaban J connectivity index is 1.82. The molecule has 0 bridgehead atoms. The van der Waals surface area contributed by atoms with Gasteiger partial charge in [-0.2, -0.15) is 4.98 Å². The van der Waals surface area contributed by atoms with Crippen LogP contribution in [0, 0.1) is 0 Å². The van der Waals surface area contributed by atoms with E-state index < -0.39 is 0 Å². The third-order valence-electron chi connectivity index (χ3n) is 3.48. The molecule has 2 aromatic heterocycles. The average molecular weight is 321 g/mol. The Bertz CT molecular complexity index is 808. The Morgan fingerprint density at radius 2 is 1.92 bits per heavy atom. The lowest BCUT2D eigenvalue weighted by atomic mass is 10.2. The van der Waals surface area contributed by atoms with Crippen molar-refractivity contribution in [3.8, 4) is 17.1 Å². The number of rotatable bonds is 6. The van der Waals surface area contributed by atoms with Crippen LogP contribution in [0.15, 0.2) is 54.7 Å². The molecule has 0 unspecified atom stereocenters. The number of benzene rings is 1. The van der Waals surface area contributed by atoms with Crippen LogP contribution in [0.5, 0.6) is 5.75 Å². The van der Waals surface area contributed by atoms with Gasteiger partial charge in [0.15, 0.2) is 0 Å². The van der Waals surface area contributed by atoms with E-state index in [1.54, 1.807) is 20.4 Å². The van der Waals surface area contributed by atoms with Crippen LogP contribution in [0.4, 0.5) is 11.8 Å². The van der Waals surface area contributed by atoms with Crippen LogP contribution < -0.4 is 15.4 Å². The molecule has 1 aromatic carbocycles. The first-order valence-electron chi connectivity index (χ1n) is 7.63. The van der Waals surface area contributed by atoms with Gasteiger partial charge in [0, 0.05) is 25.9 Å². The zero-order valence-corrected chi connectivity index (χ0v) is 13.7. The van der Waals surface area contributed by atoms with Crippen molar-refractivity contribution in [3.05, 3.63) is 60.3 Å². The monoisotopic (exact) mass is 321 g/mol. The van der Waals surface area contributed by atoms with Crippen LogP contribution in [0.25, 0.3) is 11.4 Å². The van der Waals surface area contributed by atoms with E-state index in [0.717, 1.165) is 28.5 Å². The summed E-state index contributed by atoms with van der Waals surface area (Å²) in [5.41, 5.74) is 2.68. The van der Waals surface area contributed by atoms with Crippen molar-refractivity contribution in [3.63, 3.8) is 0 Å². The number of anilines is 2. The number of hydrogen-bond donors (Lipinski definition) is 2. The van der Waals surface area contributed by atoms with Crippen LogP contribution >= 0.6 is 0 Å². The van der Waals surface area contributed by atoms with E-state index in [0.29, 0.717) is 12.5 Å². The molecule has 0 spiro atoms. The molecule has 0 aliphatic heterocycles. The first kappa shape index (κ1) is 15.7. The van der Waals surface area contributed by atoms with Crippen molar-refractivity contribution in [1.29, 1.82) is 0 Å². The topological polar surface area (TPSA) is 72.0 Å². The molecule has 3 rings (SSSR count). The molecule has 6 nitrogen and oxygen atoms in total. The van der Waals surface area contributed by atoms with E-state index in [1.807, 2.05) is 48.5 Å². The molecule has 24 heavy (non-hydrogen) atoms.